The molecule has 0 spiro atoms. The first-order valence-electron chi connectivity index (χ1n) is 11.2. The summed E-state index contributed by atoms with van der Waals surface area (Å²) in [4.78, 5) is 22.1. The monoisotopic (exact) mass is 446 g/mol. The van der Waals surface area contributed by atoms with Gasteiger partial charge in [0.2, 0.25) is 0 Å². The quantitative estimate of drug-likeness (QED) is 0.485. The molecular weight excluding hydrogens is 419 g/mol. The predicted molar refractivity (Wildman–Crippen MR) is 124 cm³/mol. The van der Waals surface area contributed by atoms with Gasteiger partial charge in [0.15, 0.2) is 5.65 Å². The van der Waals surface area contributed by atoms with Gasteiger partial charge in [0.25, 0.3) is 5.91 Å². The molecule has 1 saturated carbocycles. The summed E-state index contributed by atoms with van der Waals surface area (Å²) in [6.07, 6.45) is 7.01. The van der Waals surface area contributed by atoms with E-state index in [-0.39, 0.29) is 23.8 Å². The van der Waals surface area contributed by atoms with Crippen LogP contribution in [0.25, 0.3) is 16.7 Å². The van der Waals surface area contributed by atoms with Gasteiger partial charge in [-0.2, -0.15) is 5.10 Å². The van der Waals surface area contributed by atoms with Crippen molar-refractivity contribution in [2.75, 3.05) is 0 Å². The zero-order valence-electron chi connectivity index (χ0n) is 19.3. The minimum atomic E-state index is -0.371. The Kier molecular flexibility index (Phi) is 5.03. The maximum absolute atomic E-state index is 14.6. The number of aryl methyl sites for hydroxylation is 1. The van der Waals surface area contributed by atoms with E-state index in [4.69, 9.17) is 10.1 Å². The predicted octanol–water partition coefficient (Wildman–Crippen LogP) is 4.63. The van der Waals surface area contributed by atoms with Gasteiger partial charge in [0, 0.05) is 30.6 Å². The lowest BCUT2D eigenvalue weighted by molar-refractivity contribution is 0.0952. The van der Waals surface area contributed by atoms with Crippen LogP contribution in [0.1, 0.15) is 66.8 Å². The topological polar surface area (TPSA) is 77.6 Å². The number of carbonyl (C=O) groups is 1. The van der Waals surface area contributed by atoms with E-state index >= 15 is 0 Å². The zero-order valence-corrected chi connectivity index (χ0v) is 19.3. The highest BCUT2D eigenvalue weighted by molar-refractivity contribution is 6.06. The molecule has 3 heterocycles. The summed E-state index contributed by atoms with van der Waals surface area (Å²) in [6.45, 7) is 8.35. The molecule has 0 bridgehead atoms. The van der Waals surface area contributed by atoms with Crippen LogP contribution in [0.4, 0.5) is 4.39 Å². The third-order valence-electron chi connectivity index (χ3n) is 5.96. The number of halogens is 1. The first-order chi connectivity index (χ1) is 15.7. The fourth-order valence-electron chi connectivity index (χ4n) is 4.09. The van der Waals surface area contributed by atoms with E-state index in [1.54, 1.807) is 35.4 Å². The van der Waals surface area contributed by atoms with E-state index in [9.17, 15) is 9.18 Å². The lowest BCUT2D eigenvalue weighted by Gasteiger charge is -2.20. The third kappa shape index (κ3) is 4.01. The Hall–Kier alpha value is -3.55. The van der Waals surface area contributed by atoms with Crippen LogP contribution in [0, 0.1) is 12.7 Å². The first-order valence-corrected chi connectivity index (χ1v) is 11.2. The van der Waals surface area contributed by atoms with Gasteiger partial charge in [-0.1, -0.05) is 6.07 Å². The van der Waals surface area contributed by atoms with Gasteiger partial charge in [-0.3, -0.25) is 4.79 Å². The van der Waals surface area contributed by atoms with Crippen molar-refractivity contribution in [1.82, 2.24) is 29.6 Å². The van der Waals surface area contributed by atoms with Crippen molar-refractivity contribution in [1.29, 1.82) is 0 Å². The maximum Gasteiger partial charge on any atom is 0.252 e. The molecular formula is C25H27FN6O. The van der Waals surface area contributed by atoms with Gasteiger partial charge < -0.3 is 9.88 Å². The summed E-state index contributed by atoms with van der Waals surface area (Å²) in [5, 5.41) is 8.44. The number of nitrogens with zero attached hydrogens (tertiary/aromatic N) is 5. The number of nitrogens with one attached hydrogen (secondary N) is 1. The summed E-state index contributed by atoms with van der Waals surface area (Å²) in [5.41, 5.74) is 3.86. The molecule has 1 fully saturated rings. The van der Waals surface area contributed by atoms with Crippen LogP contribution in [0.2, 0.25) is 0 Å². The van der Waals surface area contributed by atoms with Crippen LogP contribution < -0.4 is 5.32 Å². The number of hydrogen-bond acceptors (Lipinski definition) is 4. The van der Waals surface area contributed by atoms with Crippen LogP contribution in [0.5, 0.6) is 0 Å². The highest BCUT2D eigenvalue weighted by atomic mass is 19.1. The number of imidazole rings is 1. The van der Waals surface area contributed by atoms with Gasteiger partial charge in [0.1, 0.15) is 5.82 Å². The summed E-state index contributed by atoms with van der Waals surface area (Å²) < 4.78 is 18.1. The Bertz CT molecular complexity index is 1350. The molecule has 3 aromatic heterocycles. The summed E-state index contributed by atoms with van der Waals surface area (Å²) in [6, 6.07) is 6.83. The van der Waals surface area contributed by atoms with Gasteiger partial charge in [-0.05, 0) is 64.3 Å². The molecule has 33 heavy (non-hydrogen) atoms. The molecule has 1 aliphatic carbocycles. The van der Waals surface area contributed by atoms with E-state index in [1.807, 2.05) is 17.7 Å². The van der Waals surface area contributed by atoms with Gasteiger partial charge in [-0.25, -0.2) is 19.0 Å². The molecule has 0 atom stereocenters. The Morgan fingerprint density at radius 3 is 2.67 bits per heavy atom. The second-order valence-electron chi connectivity index (χ2n) is 9.67. The Balaban J connectivity index is 1.45. The van der Waals surface area contributed by atoms with Crippen LogP contribution in [0.3, 0.4) is 0 Å². The molecule has 0 aliphatic heterocycles. The van der Waals surface area contributed by atoms with Crippen molar-refractivity contribution >= 4 is 16.9 Å². The summed E-state index contributed by atoms with van der Waals surface area (Å²) in [7, 11) is 0. The normalized spacial score (nSPS) is 14.1. The smallest absolute Gasteiger partial charge is 0.252 e. The third-order valence-corrected chi connectivity index (χ3v) is 5.96. The number of fused-ring (bicyclic) bond motifs is 1. The zero-order chi connectivity index (χ0) is 23.3. The molecule has 1 aromatic carbocycles. The van der Waals surface area contributed by atoms with Gasteiger partial charge >= 0.3 is 0 Å². The highest BCUT2D eigenvalue weighted by Gasteiger charge is 2.30. The average molecular weight is 447 g/mol. The lowest BCUT2D eigenvalue weighted by Crippen LogP contribution is -2.25. The minimum Gasteiger partial charge on any atom is -0.348 e. The molecule has 0 unspecified atom stereocenters. The van der Waals surface area contributed by atoms with Gasteiger partial charge in [-0.15, -0.1) is 0 Å². The second kappa shape index (κ2) is 7.79. The number of amides is 1. The number of carbonyl (C=O) groups excluding carboxylic acids is 1. The summed E-state index contributed by atoms with van der Waals surface area (Å²) in [5.74, 6) is -0.182. The molecule has 1 amide bonds. The fraction of sp³-hybridized carbons (Fsp3) is 0.360. The molecule has 1 N–H and O–H groups in total. The Morgan fingerprint density at radius 1 is 1.24 bits per heavy atom. The van der Waals surface area contributed by atoms with E-state index in [2.05, 4.69) is 31.1 Å². The van der Waals surface area contributed by atoms with Crippen LogP contribution >= 0.6 is 0 Å². The molecule has 4 aromatic rings. The number of benzene rings is 1. The molecule has 7 nitrogen and oxygen atoms in total. The standard InChI is InChI=1S/C25H27FN6O/c1-15-22-18(12-20(17-6-7-17)29-23(22)32(30-15)25(2,3)4)24(33)28-13-16-5-8-21(19(26)11-16)31-10-9-27-14-31/h5,8-12,14,17H,6-7,13H2,1-4H3,(H,28,33). The molecule has 5 rings (SSSR count). The van der Waals surface area contributed by atoms with Crippen molar-refractivity contribution in [3.8, 4) is 5.69 Å². The SMILES string of the molecule is Cc1nn(C(C)(C)C)c2nc(C3CC3)cc(C(=O)NCc3ccc(-n4ccnc4)c(F)c3)c12. The van der Waals surface area contributed by atoms with Crippen molar-refractivity contribution < 1.29 is 9.18 Å². The number of rotatable bonds is 5. The minimum absolute atomic E-state index is 0.208. The maximum atomic E-state index is 14.6. The van der Waals surface area contributed by atoms with Crippen molar-refractivity contribution in [2.24, 2.45) is 0 Å². The molecule has 0 saturated heterocycles. The first kappa shape index (κ1) is 21.3. The van der Waals surface area contributed by atoms with Crippen molar-refractivity contribution in [3.63, 3.8) is 0 Å². The fourth-order valence-corrected chi connectivity index (χ4v) is 4.09. The number of hydrogen-bond donors (Lipinski definition) is 1. The molecule has 1 aliphatic rings. The van der Waals surface area contributed by atoms with Crippen molar-refractivity contribution in [3.05, 3.63) is 71.3 Å². The number of aromatic nitrogens is 5. The van der Waals surface area contributed by atoms with E-state index in [0.29, 0.717) is 22.7 Å². The number of pyridine rings is 1. The second-order valence-corrected chi connectivity index (χ2v) is 9.67. The lowest BCUT2D eigenvalue weighted by atomic mass is 10.1. The van der Waals surface area contributed by atoms with E-state index < -0.39 is 0 Å². The van der Waals surface area contributed by atoms with Crippen LogP contribution in [-0.2, 0) is 12.1 Å². The van der Waals surface area contributed by atoms with Crippen molar-refractivity contribution in [2.45, 2.75) is 58.5 Å². The average Bonchev–Trinajstić information content (AvgIpc) is 3.37. The Morgan fingerprint density at radius 2 is 2.03 bits per heavy atom. The van der Waals surface area contributed by atoms with Gasteiger partial charge in [0.05, 0.1) is 34.2 Å². The summed E-state index contributed by atoms with van der Waals surface area (Å²) >= 11 is 0. The molecule has 170 valence electrons. The molecule has 8 heteroatoms. The van der Waals surface area contributed by atoms with Crippen LogP contribution in [-0.4, -0.2) is 30.2 Å². The van der Waals surface area contributed by atoms with E-state index in [1.165, 1.54) is 6.07 Å². The largest absolute Gasteiger partial charge is 0.348 e. The molecule has 0 radical (unpaired) electrons. The Labute approximate surface area is 191 Å². The van der Waals surface area contributed by atoms with Crippen LogP contribution in [0.15, 0.2) is 43.0 Å². The van der Waals surface area contributed by atoms with E-state index in [0.717, 1.165) is 35.3 Å². The highest BCUT2D eigenvalue weighted by Crippen LogP contribution is 2.41.